The fourth-order valence-corrected chi connectivity index (χ4v) is 4.53. The number of nitriles is 2. The molecule has 0 heterocycles. The average molecular weight is 361 g/mol. The van der Waals surface area contributed by atoms with E-state index in [-0.39, 0.29) is 11.3 Å². The van der Waals surface area contributed by atoms with Crippen molar-refractivity contribution in [3.05, 3.63) is 58.3 Å². The highest BCUT2D eigenvalue weighted by molar-refractivity contribution is 5.88. The minimum Gasteiger partial charge on any atom is -0.468 e. The Bertz CT molecular complexity index is 902. The summed E-state index contributed by atoms with van der Waals surface area (Å²) >= 11 is 0. The quantitative estimate of drug-likeness (QED) is 0.827. The first-order valence-corrected chi connectivity index (χ1v) is 9.22. The van der Waals surface area contributed by atoms with Crippen molar-refractivity contribution in [3.8, 4) is 12.1 Å². The molecule has 0 amide bonds. The number of nitrogens with zero attached hydrogens (tertiary/aromatic N) is 2. The van der Waals surface area contributed by atoms with E-state index >= 15 is 0 Å². The van der Waals surface area contributed by atoms with Crippen molar-refractivity contribution < 1.29 is 9.53 Å². The molecule has 1 aromatic rings. The fraction of sp³-hybridized carbons (Fsp3) is 0.409. The van der Waals surface area contributed by atoms with E-state index in [1.54, 1.807) is 0 Å². The number of hydrogen-bond donors (Lipinski definition) is 1. The van der Waals surface area contributed by atoms with Crippen LogP contribution in [0.25, 0.3) is 0 Å². The predicted octanol–water partition coefficient (Wildman–Crippen LogP) is 3.71. The normalized spacial score (nSPS) is 27.4. The van der Waals surface area contributed by atoms with Crippen LogP contribution in [0.5, 0.6) is 0 Å². The molecule has 5 nitrogen and oxygen atoms in total. The number of carbonyl (C=O) groups is 1. The molecule has 2 N–H and O–H groups in total. The number of ether oxygens (including phenoxy) is 1. The maximum Gasteiger partial charge on any atom is 0.333 e. The molecule has 0 radical (unpaired) electrons. The molecule has 0 aromatic heterocycles. The number of methoxy groups -OCH3 is 1. The highest BCUT2D eigenvalue weighted by Crippen LogP contribution is 2.56. The second-order valence-electron chi connectivity index (χ2n) is 7.18. The number of hydrogen-bond acceptors (Lipinski definition) is 5. The van der Waals surface area contributed by atoms with Gasteiger partial charge in [0.25, 0.3) is 0 Å². The first kappa shape index (κ1) is 18.7. The molecule has 3 rings (SSSR count). The third kappa shape index (κ3) is 2.71. The highest BCUT2D eigenvalue weighted by atomic mass is 16.5. The summed E-state index contributed by atoms with van der Waals surface area (Å²) in [7, 11) is 1.25. The molecule has 27 heavy (non-hydrogen) atoms. The van der Waals surface area contributed by atoms with Crippen molar-refractivity contribution in [1.29, 1.82) is 10.5 Å². The summed E-state index contributed by atoms with van der Waals surface area (Å²) in [5, 5.41) is 20.0. The molecule has 0 unspecified atom stereocenters. The molecule has 2 aliphatic carbocycles. The van der Waals surface area contributed by atoms with Gasteiger partial charge in [-0.2, -0.15) is 10.5 Å². The lowest BCUT2D eigenvalue weighted by atomic mass is 9.58. The topological polar surface area (TPSA) is 99.9 Å². The molecular weight excluding hydrogens is 338 g/mol. The van der Waals surface area contributed by atoms with Crippen molar-refractivity contribution in [3.63, 3.8) is 0 Å². The molecule has 0 spiro atoms. The number of benzene rings is 1. The van der Waals surface area contributed by atoms with Crippen LogP contribution in [0, 0.1) is 34.0 Å². The van der Waals surface area contributed by atoms with E-state index in [9.17, 15) is 15.3 Å². The van der Waals surface area contributed by atoms with E-state index in [1.165, 1.54) is 7.11 Å². The molecule has 3 atom stereocenters. The van der Waals surface area contributed by atoms with Crippen LogP contribution in [0.1, 0.15) is 44.1 Å². The molecule has 0 saturated heterocycles. The Morgan fingerprint density at radius 1 is 1.33 bits per heavy atom. The Morgan fingerprint density at radius 2 is 2.04 bits per heavy atom. The van der Waals surface area contributed by atoms with Crippen molar-refractivity contribution in [2.75, 3.05) is 7.11 Å². The lowest BCUT2D eigenvalue weighted by molar-refractivity contribution is -0.148. The van der Waals surface area contributed by atoms with Crippen molar-refractivity contribution >= 4 is 5.97 Å². The second-order valence-corrected chi connectivity index (χ2v) is 7.18. The van der Waals surface area contributed by atoms with Crippen LogP contribution < -0.4 is 5.73 Å². The lowest BCUT2D eigenvalue weighted by Gasteiger charge is -2.43. The van der Waals surface area contributed by atoms with Gasteiger partial charge in [-0.05, 0) is 36.3 Å². The molecule has 2 aliphatic rings. The van der Waals surface area contributed by atoms with Crippen LogP contribution in [0.15, 0.2) is 52.7 Å². The smallest absolute Gasteiger partial charge is 0.333 e. The van der Waals surface area contributed by atoms with Crippen molar-refractivity contribution in [1.82, 2.24) is 0 Å². The number of nitrogens with two attached hydrogens (primary N) is 1. The summed E-state index contributed by atoms with van der Waals surface area (Å²) in [5.74, 6) is -0.796. The minimum absolute atomic E-state index is 0.0156. The van der Waals surface area contributed by atoms with Gasteiger partial charge < -0.3 is 10.5 Å². The van der Waals surface area contributed by atoms with E-state index in [4.69, 9.17) is 10.5 Å². The summed E-state index contributed by atoms with van der Waals surface area (Å²) in [5.41, 5.74) is 7.65. The van der Waals surface area contributed by atoms with Gasteiger partial charge in [0, 0.05) is 5.92 Å². The van der Waals surface area contributed by atoms with Crippen LogP contribution in [-0.4, -0.2) is 13.1 Å². The Kier molecular flexibility index (Phi) is 5.06. The zero-order valence-corrected chi connectivity index (χ0v) is 15.7. The van der Waals surface area contributed by atoms with E-state index in [2.05, 4.69) is 19.1 Å². The Hall–Kier alpha value is -3.05. The van der Waals surface area contributed by atoms with Gasteiger partial charge in [-0.25, -0.2) is 4.79 Å². The van der Waals surface area contributed by atoms with Crippen LogP contribution in [-0.2, 0) is 9.53 Å². The molecule has 0 aliphatic heterocycles. The van der Waals surface area contributed by atoms with Gasteiger partial charge in [-0.1, -0.05) is 49.2 Å². The van der Waals surface area contributed by atoms with E-state index < -0.39 is 17.3 Å². The minimum atomic E-state index is -1.73. The number of esters is 1. The molecule has 1 aromatic carbocycles. The van der Waals surface area contributed by atoms with Gasteiger partial charge in [-0.3, -0.25) is 0 Å². The van der Waals surface area contributed by atoms with Gasteiger partial charge >= 0.3 is 5.97 Å². The van der Waals surface area contributed by atoms with Gasteiger partial charge in [0.2, 0.25) is 5.41 Å². The first-order chi connectivity index (χ1) is 13.0. The Morgan fingerprint density at radius 3 is 2.59 bits per heavy atom. The number of allylic oxidation sites excluding steroid dienone is 3. The molecule has 0 bridgehead atoms. The van der Waals surface area contributed by atoms with E-state index in [1.807, 2.05) is 30.3 Å². The Balaban J connectivity index is 2.35. The number of rotatable bonds is 3. The maximum atomic E-state index is 12.9. The average Bonchev–Trinajstić information content (AvgIpc) is 2.72. The van der Waals surface area contributed by atoms with Gasteiger partial charge in [-0.15, -0.1) is 0 Å². The van der Waals surface area contributed by atoms with Gasteiger partial charge in [0.05, 0.1) is 24.4 Å². The molecule has 0 saturated carbocycles. The first-order valence-electron chi connectivity index (χ1n) is 9.22. The molecule has 5 heteroatoms. The zero-order chi connectivity index (χ0) is 19.6. The van der Waals surface area contributed by atoms with Gasteiger partial charge in [0.15, 0.2) is 0 Å². The molecule has 138 valence electrons. The van der Waals surface area contributed by atoms with E-state index in [0.717, 1.165) is 42.4 Å². The maximum absolute atomic E-state index is 12.9. The summed E-state index contributed by atoms with van der Waals surface area (Å²) < 4.78 is 5.02. The third-order valence-corrected chi connectivity index (χ3v) is 5.98. The summed E-state index contributed by atoms with van der Waals surface area (Å²) in [4.78, 5) is 12.9. The highest BCUT2D eigenvalue weighted by Gasteiger charge is 2.56. The fourth-order valence-electron chi connectivity index (χ4n) is 4.53. The van der Waals surface area contributed by atoms with Crippen LogP contribution in [0.4, 0.5) is 0 Å². The summed E-state index contributed by atoms with van der Waals surface area (Å²) in [6.07, 6.45) is 3.48. The van der Waals surface area contributed by atoms with Crippen LogP contribution in [0.2, 0.25) is 0 Å². The van der Waals surface area contributed by atoms with Crippen LogP contribution in [0.3, 0.4) is 0 Å². The summed E-state index contributed by atoms with van der Waals surface area (Å²) in [6.45, 7) is 2.14. The Labute approximate surface area is 159 Å². The largest absolute Gasteiger partial charge is 0.468 e. The van der Waals surface area contributed by atoms with Crippen molar-refractivity contribution in [2.45, 2.75) is 38.5 Å². The second kappa shape index (κ2) is 7.29. The number of carbonyl (C=O) groups excluding carboxylic acids is 1. The molecule has 0 fully saturated rings. The third-order valence-electron chi connectivity index (χ3n) is 5.98. The van der Waals surface area contributed by atoms with E-state index in [0.29, 0.717) is 5.92 Å². The predicted molar refractivity (Wildman–Crippen MR) is 101 cm³/mol. The zero-order valence-electron chi connectivity index (χ0n) is 15.7. The SMILES string of the molecule is CC[C@@H]1CCC2=C(C1)[C@H](c1ccccc1)[C@@](C#N)(C(=O)OC)C(N)=C2C#N. The van der Waals surface area contributed by atoms with Gasteiger partial charge in [0.1, 0.15) is 6.07 Å². The monoisotopic (exact) mass is 361 g/mol. The van der Waals surface area contributed by atoms with Crippen molar-refractivity contribution in [2.24, 2.45) is 17.1 Å². The standard InChI is InChI=1S/C22H23N3O2/c1-3-14-9-10-16-17(11-14)19(15-7-5-4-6-8-15)22(13-24,21(26)27-2)20(25)18(16)12-23/h4-8,14,19H,3,9-11,25H2,1-2H3/t14-,19+,22-/m1/s1. The molecular formula is C22H23N3O2. The summed E-state index contributed by atoms with van der Waals surface area (Å²) in [6, 6.07) is 13.8. The van der Waals surface area contributed by atoms with Crippen LogP contribution >= 0.6 is 0 Å². The lowest BCUT2D eigenvalue weighted by Crippen LogP contribution is -2.46.